The van der Waals surface area contributed by atoms with Crippen LogP contribution in [0.2, 0.25) is 0 Å². The Morgan fingerprint density at radius 3 is 2.92 bits per heavy atom. The van der Waals surface area contributed by atoms with E-state index in [2.05, 4.69) is 41.5 Å². The Balaban J connectivity index is 1.46. The highest BCUT2D eigenvalue weighted by molar-refractivity contribution is 5.11. The van der Waals surface area contributed by atoms with Crippen molar-refractivity contribution >= 4 is 0 Å². The van der Waals surface area contributed by atoms with Crippen LogP contribution in [0.3, 0.4) is 0 Å². The van der Waals surface area contributed by atoms with Crippen LogP contribution in [-0.4, -0.2) is 41.2 Å². The summed E-state index contributed by atoms with van der Waals surface area (Å²) < 4.78 is 7.87. The topological polar surface area (TPSA) is 81.9 Å². The first-order valence-corrected chi connectivity index (χ1v) is 8.68. The minimum absolute atomic E-state index is 0.155. The first kappa shape index (κ1) is 16.6. The van der Waals surface area contributed by atoms with Crippen LogP contribution >= 0.6 is 0 Å². The van der Waals surface area contributed by atoms with Crippen molar-refractivity contribution in [3.05, 3.63) is 59.8 Å². The smallest absolute Gasteiger partial charge is 0.213 e. The Morgan fingerprint density at radius 2 is 2.12 bits per heavy atom. The van der Waals surface area contributed by atoms with Crippen molar-refractivity contribution in [2.24, 2.45) is 0 Å². The van der Waals surface area contributed by atoms with Gasteiger partial charge in [-0.1, -0.05) is 6.07 Å². The second kappa shape index (κ2) is 7.17. The molecule has 4 heterocycles. The van der Waals surface area contributed by atoms with E-state index < -0.39 is 0 Å². The monoisotopic (exact) mass is 351 g/mol. The molecule has 0 spiro atoms. The molecule has 1 unspecified atom stereocenters. The molecule has 8 nitrogen and oxygen atoms in total. The van der Waals surface area contributed by atoms with Gasteiger partial charge in [0.2, 0.25) is 5.88 Å². The number of aromatic nitrogens is 6. The molecule has 0 bridgehead atoms. The lowest BCUT2D eigenvalue weighted by molar-refractivity contribution is 0.150. The molecule has 8 heteroatoms. The van der Waals surface area contributed by atoms with Gasteiger partial charge < -0.3 is 9.30 Å². The van der Waals surface area contributed by atoms with E-state index in [9.17, 15) is 0 Å². The maximum Gasteiger partial charge on any atom is 0.213 e. The summed E-state index contributed by atoms with van der Waals surface area (Å²) in [5, 5.41) is 8.72. The van der Waals surface area contributed by atoms with Crippen LogP contribution in [0.4, 0.5) is 0 Å². The molecular weight excluding hydrogens is 330 g/mol. The summed E-state index contributed by atoms with van der Waals surface area (Å²) in [7, 11) is 0. The van der Waals surface area contributed by atoms with Crippen LogP contribution in [0.1, 0.15) is 36.0 Å². The molecule has 4 rings (SSSR count). The minimum atomic E-state index is 0.155. The molecular formula is C18H21N7O. The third-order valence-corrected chi connectivity index (χ3v) is 4.55. The lowest BCUT2D eigenvalue weighted by Crippen LogP contribution is -2.37. The van der Waals surface area contributed by atoms with Crippen molar-refractivity contribution in [1.29, 1.82) is 0 Å². The fourth-order valence-corrected chi connectivity index (χ4v) is 3.18. The average Bonchev–Trinajstić information content (AvgIpc) is 3.07. The minimum Gasteiger partial charge on any atom is -0.469 e. The number of hydrogen-bond acceptors (Lipinski definition) is 7. The fraction of sp³-hybridized carbons (Fsp3) is 0.389. The van der Waals surface area contributed by atoms with E-state index in [0.717, 1.165) is 42.7 Å². The highest BCUT2D eigenvalue weighted by Gasteiger charge is 2.28. The number of fused-ring (bicyclic) bond motifs is 1. The summed E-state index contributed by atoms with van der Waals surface area (Å²) in [6.07, 6.45) is 5.31. The standard InChI is InChI=1S/C18H21N7O/c1-13-9-19-10-15(21-13)11-24-7-8-25-16(22-23-18(25)14(24)2)12-26-17-5-3-4-6-20-17/h3-6,9-10,14H,7-8,11-12H2,1-2H3. The molecule has 1 aliphatic heterocycles. The molecule has 0 saturated carbocycles. The van der Waals surface area contributed by atoms with Gasteiger partial charge in [-0.15, -0.1) is 10.2 Å². The Labute approximate surface area is 151 Å². The molecule has 0 radical (unpaired) electrons. The van der Waals surface area contributed by atoms with Crippen LogP contribution in [-0.2, 0) is 19.7 Å². The molecule has 0 aliphatic carbocycles. The summed E-state index contributed by atoms with van der Waals surface area (Å²) in [6, 6.07) is 5.75. The van der Waals surface area contributed by atoms with E-state index in [-0.39, 0.29) is 6.04 Å². The van der Waals surface area contributed by atoms with Gasteiger partial charge in [-0.05, 0) is 19.9 Å². The second-order valence-corrected chi connectivity index (χ2v) is 6.38. The van der Waals surface area contributed by atoms with Gasteiger partial charge in [0.1, 0.15) is 12.4 Å². The largest absolute Gasteiger partial charge is 0.469 e. The van der Waals surface area contributed by atoms with Gasteiger partial charge in [-0.3, -0.25) is 14.9 Å². The predicted octanol–water partition coefficient (Wildman–Crippen LogP) is 1.93. The molecule has 3 aromatic rings. The quantitative estimate of drug-likeness (QED) is 0.694. The van der Waals surface area contributed by atoms with Gasteiger partial charge >= 0.3 is 0 Å². The molecule has 0 N–H and O–H groups in total. The van der Waals surface area contributed by atoms with E-state index in [0.29, 0.717) is 12.5 Å². The summed E-state index contributed by atoms with van der Waals surface area (Å²) in [4.78, 5) is 15.3. The Hall–Kier alpha value is -2.87. The Morgan fingerprint density at radius 1 is 1.19 bits per heavy atom. The van der Waals surface area contributed by atoms with Gasteiger partial charge in [0.05, 0.1) is 17.4 Å². The molecule has 1 atom stereocenters. The second-order valence-electron chi connectivity index (χ2n) is 6.38. The summed E-state index contributed by atoms with van der Waals surface area (Å²) >= 11 is 0. The van der Waals surface area contributed by atoms with Crippen LogP contribution in [0.5, 0.6) is 5.88 Å². The van der Waals surface area contributed by atoms with Crippen molar-refractivity contribution in [1.82, 2.24) is 34.6 Å². The van der Waals surface area contributed by atoms with Gasteiger partial charge in [-0.2, -0.15) is 0 Å². The number of nitrogens with zero attached hydrogens (tertiary/aromatic N) is 7. The first-order chi connectivity index (χ1) is 12.7. The van der Waals surface area contributed by atoms with Crippen molar-refractivity contribution in [3.8, 4) is 5.88 Å². The van der Waals surface area contributed by atoms with Crippen molar-refractivity contribution in [2.75, 3.05) is 6.54 Å². The SMILES string of the molecule is Cc1cncc(CN2CCn3c(COc4ccccn4)nnc3C2C)n1. The predicted molar refractivity (Wildman–Crippen MR) is 94.2 cm³/mol. The number of aryl methyl sites for hydroxylation is 1. The van der Waals surface area contributed by atoms with Crippen LogP contribution in [0, 0.1) is 6.92 Å². The van der Waals surface area contributed by atoms with Gasteiger partial charge in [0, 0.05) is 44.3 Å². The van der Waals surface area contributed by atoms with Crippen molar-refractivity contribution in [3.63, 3.8) is 0 Å². The lowest BCUT2D eigenvalue weighted by atomic mass is 10.2. The molecule has 134 valence electrons. The first-order valence-electron chi connectivity index (χ1n) is 8.68. The number of pyridine rings is 1. The summed E-state index contributed by atoms with van der Waals surface area (Å²) in [5.41, 5.74) is 1.91. The third kappa shape index (κ3) is 3.41. The molecule has 0 fully saturated rings. The summed E-state index contributed by atoms with van der Waals surface area (Å²) in [5.74, 6) is 2.37. The Bertz CT molecular complexity index is 880. The van der Waals surface area contributed by atoms with Crippen molar-refractivity contribution < 1.29 is 4.74 Å². The highest BCUT2D eigenvalue weighted by Crippen LogP contribution is 2.25. The maximum absolute atomic E-state index is 5.72. The molecule has 0 amide bonds. The number of rotatable bonds is 5. The number of hydrogen-bond donors (Lipinski definition) is 0. The zero-order chi connectivity index (χ0) is 17.9. The molecule has 3 aromatic heterocycles. The molecule has 0 aromatic carbocycles. The zero-order valence-electron chi connectivity index (χ0n) is 14.9. The van der Waals surface area contributed by atoms with E-state index in [1.807, 2.05) is 31.3 Å². The lowest BCUT2D eigenvalue weighted by Gasteiger charge is -2.33. The van der Waals surface area contributed by atoms with E-state index in [1.54, 1.807) is 12.4 Å². The normalized spacial score (nSPS) is 17.1. The Kier molecular flexibility index (Phi) is 4.57. The zero-order valence-corrected chi connectivity index (χ0v) is 14.9. The molecule has 1 aliphatic rings. The summed E-state index contributed by atoms with van der Waals surface area (Å²) in [6.45, 7) is 6.95. The highest BCUT2D eigenvalue weighted by atomic mass is 16.5. The van der Waals surface area contributed by atoms with E-state index in [4.69, 9.17) is 4.74 Å². The van der Waals surface area contributed by atoms with Gasteiger partial charge in [0.25, 0.3) is 0 Å². The van der Waals surface area contributed by atoms with Crippen molar-refractivity contribution in [2.45, 2.75) is 39.6 Å². The van der Waals surface area contributed by atoms with Crippen LogP contribution < -0.4 is 4.74 Å². The van der Waals surface area contributed by atoms with E-state index >= 15 is 0 Å². The van der Waals surface area contributed by atoms with Crippen LogP contribution in [0.15, 0.2) is 36.8 Å². The maximum atomic E-state index is 5.72. The fourth-order valence-electron chi connectivity index (χ4n) is 3.18. The average molecular weight is 351 g/mol. The van der Waals surface area contributed by atoms with Gasteiger partial charge in [0.15, 0.2) is 5.82 Å². The van der Waals surface area contributed by atoms with E-state index in [1.165, 1.54) is 0 Å². The molecule has 26 heavy (non-hydrogen) atoms. The third-order valence-electron chi connectivity index (χ3n) is 4.55. The number of ether oxygens (including phenoxy) is 1. The van der Waals surface area contributed by atoms with Gasteiger partial charge in [-0.25, -0.2) is 4.98 Å². The van der Waals surface area contributed by atoms with Crippen LogP contribution in [0.25, 0.3) is 0 Å². The molecule has 0 saturated heterocycles.